The van der Waals surface area contributed by atoms with Gasteiger partial charge in [-0.15, -0.1) is 0 Å². The molecule has 0 spiro atoms. The molecule has 0 saturated carbocycles. The number of rotatable bonds is 5. The van der Waals surface area contributed by atoms with Crippen molar-refractivity contribution in [1.29, 1.82) is 0 Å². The van der Waals surface area contributed by atoms with E-state index in [1.54, 1.807) is 12.3 Å². The lowest BCUT2D eigenvalue weighted by molar-refractivity contribution is 0.387. The number of fused-ring (bicyclic) bond motifs is 1. The largest absolute Gasteiger partial charge is 0.354 e. The number of hydrogen-bond donors (Lipinski definition) is 1. The summed E-state index contributed by atoms with van der Waals surface area (Å²) in [7, 11) is -3.22. The molecule has 4 aromatic rings. The fourth-order valence-corrected chi connectivity index (χ4v) is 5.07. The number of hydrogen-bond acceptors (Lipinski definition) is 6. The zero-order valence-electron chi connectivity index (χ0n) is 18.8. The lowest BCUT2D eigenvalue weighted by Crippen LogP contribution is -2.48. The molecule has 1 aliphatic rings. The molecule has 1 aliphatic heterocycles. The second-order valence-electron chi connectivity index (χ2n) is 8.26. The van der Waals surface area contributed by atoms with Crippen LogP contribution in [0.5, 0.6) is 0 Å². The summed E-state index contributed by atoms with van der Waals surface area (Å²) in [6.07, 6.45) is 2.85. The summed E-state index contributed by atoms with van der Waals surface area (Å²) < 4.78 is 27.2. The van der Waals surface area contributed by atoms with E-state index in [0.717, 1.165) is 16.9 Å². The van der Waals surface area contributed by atoms with Gasteiger partial charge < -0.3 is 10.2 Å². The summed E-state index contributed by atoms with van der Waals surface area (Å²) in [6, 6.07) is 23.1. The van der Waals surface area contributed by atoms with E-state index in [1.807, 2.05) is 71.3 Å². The Morgan fingerprint density at radius 2 is 1.53 bits per heavy atom. The third-order valence-electron chi connectivity index (χ3n) is 5.98. The maximum absolute atomic E-state index is 13.0. The number of para-hydroxylation sites is 2. The smallest absolute Gasteiger partial charge is 0.211 e. The topological polar surface area (TPSA) is 87.5 Å². The normalized spacial score (nSPS) is 14.9. The van der Waals surface area contributed by atoms with E-state index in [0.29, 0.717) is 43.2 Å². The van der Waals surface area contributed by atoms with Gasteiger partial charge in [-0.05, 0) is 24.3 Å². The summed E-state index contributed by atoms with van der Waals surface area (Å²) in [5.41, 5.74) is 2.39. The molecule has 0 bridgehead atoms. The highest BCUT2D eigenvalue weighted by molar-refractivity contribution is 7.88. The van der Waals surface area contributed by atoms with Gasteiger partial charge in [-0.2, -0.15) is 4.31 Å². The predicted octanol–water partition coefficient (Wildman–Crippen LogP) is 3.21. The molecular weight excluding hydrogens is 450 g/mol. The number of pyridine rings is 2. The molecule has 1 fully saturated rings. The van der Waals surface area contributed by atoms with Crippen molar-refractivity contribution in [3.63, 3.8) is 0 Å². The molecular formula is C25H25N5O3S. The van der Waals surface area contributed by atoms with Crippen LogP contribution in [0.25, 0.3) is 16.6 Å². The molecule has 2 aromatic heterocycles. The Bertz CT molecular complexity index is 1480. The molecule has 0 radical (unpaired) electrons. The van der Waals surface area contributed by atoms with E-state index in [1.165, 1.54) is 10.6 Å². The summed E-state index contributed by atoms with van der Waals surface area (Å²) >= 11 is 0. The van der Waals surface area contributed by atoms with Gasteiger partial charge in [-0.1, -0.05) is 36.4 Å². The molecule has 1 N–H and O–H groups in total. The first-order valence-electron chi connectivity index (χ1n) is 11.0. The van der Waals surface area contributed by atoms with Crippen molar-refractivity contribution >= 4 is 38.2 Å². The Labute approximate surface area is 198 Å². The van der Waals surface area contributed by atoms with Crippen LogP contribution in [0.4, 0.5) is 17.3 Å². The van der Waals surface area contributed by atoms with Gasteiger partial charge in [0, 0.05) is 55.9 Å². The van der Waals surface area contributed by atoms with Crippen LogP contribution in [0.3, 0.4) is 0 Å². The molecule has 9 heteroatoms. The van der Waals surface area contributed by atoms with Gasteiger partial charge in [0.15, 0.2) is 5.43 Å². The Hall–Kier alpha value is -3.69. The van der Waals surface area contributed by atoms with Crippen LogP contribution >= 0.6 is 0 Å². The van der Waals surface area contributed by atoms with Gasteiger partial charge >= 0.3 is 0 Å². The van der Waals surface area contributed by atoms with E-state index >= 15 is 0 Å². The maximum atomic E-state index is 13.0. The standard InChI is InChI=1S/C25H25N5O3S/c1-34(32,33)29-14-12-28(13-15-29)24-16-22-21(18-26-24)23(31)17-25(27-19-8-4-2-5-9-19)30(22)20-10-6-3-7-11-20/h2-11,16-18,27H,12-15H2,1H3. The van der Waals surface area contributed by atoms with Gasteiger partial charge in [0.1, 0.15) is 11.6 Å². The Kier molecular flexibility index (Phi) is 5.80. The molecule has 0 unspecified atom stereocenters. The summed E-state index contributed by atoms with van der Waals surface area (Å²) in [6.45, 7) is 1.87. The first-order chi connectivity index (χ1) is 16.4. The van der Waals surface area contributed by atoms with Crippen LogP contribution in [-0.4, -0.2) is 54.7 Å². The molecule has 0 atom stereocenters. The number of piperazine rings is 1. The van der Waals surface area contributed by atoms with Crippen LogP contribution in [0.2, 0.25) is 0 Å². The monoisotopic (exact) mass is 475 g/mol. The van der Waals surface area contributed by atoms with Crippen molar-refractivity contribution in [2.75, 3.05) is 42.7 Å². The molecule has 0 amide bonds. The van der Waals surface area contributed by atoms with E-state index in [-0.39, 0.29) is 5.43 Å². The molecule has 0 aliphatic carbocycles. The van der Waals surface area contributed by atoms with Gasteiger partial charge in [-0.3, -0.25) is 9.36 Å². The van der Waals surface area contributed by atoms with Crippen LogP contribution < -0.4 is 15.6 Å². The lowest BCUT2D eigenvalue weighted by atomic mass is 10.2. The number of benzene rings is 2. The number of nitrogens with zero attached hydrogens (tertiary/aromatic N) is 4. The number of sulfonamides is 1. The molecule has 5 rings (SSSR count). The Morgan fingerprint density at radius 3 is 2.18 bits per heavy atom. The fraction of sp³-hybridized carbons (Fsp3) is 0.200. The average Bonchev–Trinajstić information content (AvgIpc) is 2.85. The average molecular weight is 476 g/mol. The van der Waals surface area contributed by atoms with Gasteiger partial charge in [0.05, 0.1) is 17.2 Å². The van der Waals surface area contributed by atoms with Crippen molar-refractivity contribution < 1.29 is 8.42 Å². The molecule has 8 nitrogen and oxygen atoms in total. The molecule has 3 heterocycles. The van der Waals surface area contributed by atoms with Crippen molar-refractivity contribution in [3.8, 4) is 5.69 Å². The highest BCUT2D eigenvalue weighted by Gasteiger charge is 2.24. The van der Waals surface area contributed by atoms with Crippen LogP contribution in [0.1, 0.15) is 0 Å². The highest BCUT2D eigenvalue weighted by Crippen LogP contribution is 2.27. The molecule has 34 heavy (non-hydrogen) atoms. The van der Waals surface area contributed by atoms with E-state index < -0.39 is 10.0 Å². The van der Waals surface area contributed by atoms with E-state index in [4.69, 9.17) is 0 Å². The molecule has 2 aromatic carbocycles. The SMILES string of the molecule is CS(=O)(=O)N1CCN(c2cc3c(cn2)c(=O)cc(Nc2ccccc2)n3-c2ccccc2)CC1. The van der Waals surface area contributed by atoms with Crippen LogP contribution in [-0.2, 0) is 10.0 Å². The predicted molar refractivity (Wildman–Crippen MR) is 136 cm³/mol. The first-order valence-corrected chi connectivity index (χ1v) is 12.9. The molecule has 1 saturated heterocycles. The number of aromatic nitrogens is 2. The minimum atomic E-state index is -3.22. The zero-order chi connectivity index (χ0) is 23.7. The Balaban J connectivity index is 1.62. The van der Waals surface area contributed by atoms with E-state index in [9.17, 15) is 13.2 Å². The second-order valence-corrected chi connectivity index (χ2v) is 10.2. The van der Waals surface area contributed by atoms with Crippen LogP contribution in [0, 0.1) is 0 Å². The van der Waals surface area contributed by atoms with Crippen molar-refractivity contribution in [1.82, 2.24) is 13.9 Å². The fourth-order valence-electron chi connectivity index (χ4n) is 4.24. The zero-order valence-corrected chi connectivity index (χ0v) is 19.6. The third kappa shape index (κ3) is 4.40. The van der Waals surface area contributed by atoms with Gasteiger partial charge in [-0.25, -0.2) is 13.4 Å². The molecule has 174 valence electrons. The second kappa shape index (κ2) is 8.92. The van der Waals surface area contributed by atoms with Crippen LogP contribution in [0.15, 0.2) is 83.8 Å². The van der Waals surface area contributed by atoms with Crippen molar-refractivity contribution in [2.24, 2.45) is 0 Å². The quantitative estimate of drug-likeness (QED) is 0.477. The summed E-state index contributed by atoms with van der Waals surface area (Å²) in [5.74, 6) is 1.36. The number of nitrogens with one attached hydrogen (secondary N) is 1. The number of anilines is 3. The Morgan fingerprint density at radius 1 is 0.882 bits per heavy atom. The minimum Gasteiger partial charge on any atom is -0.354 e. The third-order valence-corrected chi connectivity index (χ3v) is 7.28. The van der Waals surface area contributed by atoms with Gasteiger partial charge in [0.2, 0.25) is 10.0 Å². The lowest BCUT2D eigenvalue weighted by Gasteiger charge is -2.34. The summed E-state index contributed by atoms with van der Waals surface area (Å²) in [4.78, 5) is 19.6. The minimum absolute atomic E-state index is 0.124. The van der Waals surface area contributed by atoms with Crippen molar-refractivity contribution in [3.05, 3.63) is 89.2 Å². The van der Waals surface area contributed by atoms with Gasteiger partial charge in [0.25, 0.3) is 0 Å². The first kappa shape index (κ1) is 22.1. The maximum Gasteiger partial charge on any atom is 0.211 e. The summed E-state index contributed by atoms with van der Waals surface area (Å²) in [5, 5.41) is 3.90. The van der Waals surface area contributed by atoms with Crippen molar-refractivity contribution in [2.45, 2.75) is 0 Å². The highest BCUT2D eigenvalue weighted by atomic mass is 32.2. The van der Waals surface area contributed by atoms with E-state index in [2.05, 4.69) is 15.2 Å².